The van der Waals surface area contributed by atoms with Gasteiger partial charge >= 0.3 is 0 Å². The largest absolute Gasteiger partial charge is 0.356 e. The quantitative estimate of drug-likeness (QED) is 0.861. The van der Waals surface area contributed by atoms with Gasteiger partial charge in [-0.1, -0.05) is 0 Å². The van der Waals surface area contributed by atoms with Crippen LogP contribution in [0.25, 0.3) is 0 Å². The van der Waals surface area contributed by atoms with Crippen LogP contribution in [0.5, 0.6) is 0 Å². The van der Waals surface area contributed by atoms with Crippen LogP contribution in [0.1, 0.15) is 38.5 Å². The van der Waals surface area contributed by atoms with Crippen LogP contribution < -0.4 is 10.2 Å². The molecular formula is C16H22F2N4O2. The van der Waals surface area contributed by atoms with Crippen LogP contribution in [0, 0.1) is 11.8 Å². The Kier molecular flexibility index (Phi) is 4.82. The number of aromatic nitrogens is 2. The molecule has 2 N–H and O–H groups in total. The Hall–Kier alpha value is -1.99. The van der Waals surface area contributed by atoms with E-state index in [9.17, 15) is 18.4 Å². The Balaban J connectivity index is 1.41. The molecule has 24 heavy (non-hydrogen) atoms. The van der Waals surface area contributed by atoms with E-state index in [1.165, 1.54) is 0 Å². The second-order valence-electron chi connectivity index (χ2n) is 6.74. The number of hydrogen-bond donors (Lipinski definition) is 2. The Morgan fingerprint density at radius 3 is 2.83 bits per heavy atom. The predicted octanol–water partition coefficient (Wildman–Crippen LogP) is 2.09. The first-order chi connectivity index (χ1) is 11.4. The summed E-state index contributed by atoms with van der Waals surface area (Å²) in [4.78, 5) is 25.8. The molecule has 1 saturated heterocycles. The summed E-state index contributed by atoms with van der Waals surface area (Å²) in [5.41, 5.74) is 0.665. The van der Waals surface area contributed by atoms with E-state index in [1.807, 2.05) is 0 Å². The number of nitrogens with zero attached hydrogens (tertiary/aromatic N) is 2. The van der Waals surface area contributed by atoms with Crippen LogP contribution in [-0.4, -0.2) is 41.0 Å². The summed E-state index contributed by atoms with van der Waals surface area (Å²) in [6.07, 6.45) is 5.00. The molecular weight excluding hydrogens is 318 g/mol. The second kappa shape index (κ2) is 6.86. The number of H-pyrrole nitrogens is 1. The lowest BCUT2D eigenvalue weighted by molar-refractivity contribution is -0.126. The lowest BCUT2D eigenvalue weighted by Crippen LogP contribution is -2.34. The fourth-order valence-electron chi connectivity index (χ4n) is 3.46. The number of halogens is 2. The molecule has 6 nitrogen and oxygen atoms in total. The summed E-state index contributed by atoms with van der Waals surface area (Å²) >= 11 is 0. The average molecular weight is 340 g/mol. The third-order valence-corrected chi connectivity index (χ3v) is 4.98. The molecule has 1 aliphatic carbocycles. The number of rotatable bonds is 5. The van der Waals surface area contributed by atoms with Crippen LogP contribution in [0.4, 0.5) is 14.5 Å². The van der Waals surface area contributed by atoms with E-state index in [0.717, 1.165) is 0 Å². The molecule has 0 radical (unpaired) electrons. The van der Waals surface area contributed by atoms with Crippen LogP contribution in [0.15, 0.2) is 12.4 Å². The van der Waals surface area contributed by atoms with Gasteiger partial charge in [0.15, 0.2) is 0 Å². The number of carbonyl (C=O) groups is 2. The summed E-state index contributed by atoms with van der Waals surface area (Å²) in [6.45, 7) is 0.825. The van der Waals surface area contributed by atoms with E-state index < -0.39 is 5.92 Å². The highest BCUT2D eigenvalue weighted by Gasteiger charge is 2.36. The molecule has 0 spiro atoms. The zero-order valence-electron chi connectivity index (χ0n) is 13.4. The standard InChI is InChI=1S/C16H22F2N4O2/c17-16(18)4-1-11(2-5-16)3-6-19-15(24)12-7-14(23)22(10-12)13-8-20-21-9-13/h8-9,11-12H,1-7,10H2,(H,19,24)(H,20,21). The van der Waals surface area contributed by atoms with Crippen LogP contribution >= 0.6 is 0 Å². The Labute approximate surface area is 139 Å². The van der Waals surface area contributed by atoms with Gasteiger partial charge in [0.2, 0.25) is 17.7 Å². The molecule has 1 aromatic heterocycles. The molecule has 1 aromatic rings. The summed E-state index contributed by atoms with van der Waals surface area (Å²) in [6, 6.07) is 0. The van der Waals surface area contributed by atoms with Gasteiger partial charge in [0.1, 0.15) is 0 Å². The van der Waals surface area contributed by atoms with Crippen molar-refractivity contribution < 1.29 is 18.4 Å². The number of nitrogens with one attached hydrogen (secondary N) is 2. The van der Waals surface area contributed by atoms with Gasteiger partial charge < -0.3 is 10.2 Å². The minimum absolute atomic E-state index is 0.0532. The molecule has 3 rings (SSSR count). The zero-order chi connectivity index (χ0) is 17.2. The molecule has 0 aromatic carbocycles. The van der Waals surface area contributed by atoms with E-state index in [4.69, 9.17) is 0 Å². The topological polar surface area (TPSA) is 78.1 Å². The number of alkyl halides is 2. The molecule has 1 saturated carbocycles. The fourth-order valence-corrected chi connectivity index (χ4v) is 3.46. The average Bonchev–Trinajstić information content (AvgIpc) is 3.18. The van der Waals surface area contributed by atoms with E-state index in [0.29, 0.717) is 38.0 Å². The molecule has 1 aliphatic heterocycles. The maximum Gasteiger partial charge on any atom is 0.248 e. The minimum Gasteiger partial charge on any atom is -0.356 e. The van der Waals surface area contributed by atoms with E-state index in [2.05, 4.69) is 15.5 Å². The first-order valence-corrected chi connectivity index (χ1v) is 8.39. The molecule has 8 heteroatoms. The van der Waals surface area contributed by atoms with Crippen LogP contribution in [0.2, 0.25) is 0 Å². The molecule has 2 aliphatic rings. The monoisotopic (exact) mass is 340 g/mol. The highest BCUT2D eigenvalue weighted by molar-refractivity contribution is 6.00. The van der Waals surface area contributed by atoms with Gasteiger partial charge in [-0.15, -0.1) is 0 Å². The Morgan fingerprint density at radius 1 is 1.42 bits per heavy atom. The maximum atomic E-state index is 13.1. The Morgan fingerprint density at radius 2 is 2.17 bits per heavy atom. The van der Waals surface area contributed by atoms with Crippen molar-refractivity contribution in [2.24, 2.45) is 11.8 Å². The molecule has 1 atom stereocenters. The van der Waals surface area contributed by atoms with Gasteiger partial charge in [-0.2, -0.15) is 5.10 Å². The predicted molar refractivity (Wildman–Crippen MR) is 83.6 cm³/mol. The smallest absolute Gasteiger partial charge is 0.248 e. The lowest BCUT2D eigenvalue weighted by atomic mass is 9.85. The number of carbonyl (C=O) groups excluding carboxylic acids is 2. The summed E-state index contributed by atoms with van der Waals surface area (Å²) in [5, 5.41) is 9.31. The summed E-state index contributed by atoms with van der Waals surface area (Å²) in [5.74, 6) is -2.87. The highest BCUT2D eigenvalue weighted by Crippen LogP contribution is 2.37. The van der Waals surface area contributed by atoms with Gasteiger partial charge in [-0.05, 0) is 25.2 Å². The number of amides is 2. The summed E-state index contributed by atoms with van der Waals surface area (Å²) in [7, 11) is 0. The lowest BCUT2D eigenvalue weighted by Gasteiger charge is -2.28. The zero-order valence-corrected chi connectivity index (χ0v) is 13.4. The van der Waals surface area contributed by atoms with Gasteiger partial charge in [-0.25, -0.2) is 8.78 Å². The second-order valence-corrected chi connectivity index (χ2v) is 6.74. The molecule has 2 amide bonds. The van der Waals surface area contributed by atoms with E-state index in [-0.39, 0.29) is 42.9 Å². The SMILES string of the molecule is O=C(NCCC1CCC(F)(F)CC1)C1CC(=O)N(c2cn[nH]c2)C1. The first kappa shape index (κ1) is 16.9. The van der Waals surface area contributed by atoms with Gasteiger partial charge in [0.25, 0.3) is 0 Å². The third kappa shape index (κ3) is 3.91. The number of hydrogen-bond acceptors (Lipinski definition) is 3. The van der Waals surface area contributed by atoms with E-state index in [1.54, 1.807) is 17.3 Å². The molecule has 2 heterocycles. The number of aromatic amines is 1. The fraction of sp³-hybridized carbons (Fsp3) is 0.688. The molecule has 132 valence electrons. The van der Waals surface area contributed by atoms with Crippen molar-refractivity contribution in [2.45, 2.75) is 44.4 Å². The molecule has 2 fully saturated rings. The maximum absolute atomic E-state index is 13.1. The van der Waals surface area contributed by atoms with Crippen molar-refractivity contribution in [1.82, 2.24) is 15.5 Å². The normalized spacial score (nSPS) is 24.3. The van der Waals surface area contributed by atoms with Crippen molar-refractivity contribution in [1.29, 1.82) is 0 Å². The minimum atomic E-state index is -2.51. The first-order valence-electron chi connectivity index (χ1n) is 8.39. The van der Waals surface area contributed by atoms with Crippen molar-refractivity contribution in [3.05, 3.63) is 12.4 Å². The number of anilines is 1. The van der Waals surface area contributed by atoms with Crippen LogP contribution in [-0.2, 0) is 9.59 Å². The highest BCUT2D eigenvalue weighted by atomic mass is 19.3. The molecule has 1 unspecified atom stereocenters. The third-order valence-electron chi connectivity index (χ3n) is 4.98. The van der Waals surface area contributed by atoms with Gasteiger partial charge in [-0.3, -0.25) is 14.7 Å². The van der Waals surface area contributed by atoms with Crippen molar-refractivity contribution in [3.8, 4) is 0 Å². The van der Waals surface area contributed by atoms with Gasteiger partial charge in [0.05, 0.1) is 17.8 Å². The van der Waals surface area contributed by atoms with Crippen molar-refractivity contribution >= 4 is 17.5 Å². The summed E-state index contributed by atoms with van der Waals surface area (Å²) < 4.78 is 26.2. The van der Waals surface area contributed by atoms with Crippen molar-refractivity contribution in [2.75, 3.05) is 18.0 Å². The van der Waals surface area contributed by atoms with Gasteiger partial charge in [0, 0.05) is 38.5 Å². The Bertz CT molecular complexity index is 581. The van der Waals surface area contributed by atoms with E-state index >= 15 is 0 Å². The van der Waals surface area contributed by atoms with Crippen molar-refractivity contribution in [3.63, 3.8) is 0 Å². The molecule has 0 bridgehead atoms. The van der Waals surface area contributed by atoms with Crippen LogP contribution in [0.3, 0.4) is 0 Å².